The van der Waals surface area contributed by atoms with Gasteiger partial charge in [0.05, 0.1) is 12.6 Å². The van der Waals surface area contributed by atoms with Crippen molar-refractivity contribution in [1.82, 2.24) is 10.2 Å². The van der Waals surface area contributed by atoms with Gasteiger partial charge in [-0.2, -0.15) is 0 Å². The van der Waals surface area contributed by atoms with Gasteiger partial charge in [0.1, 0.15) is 0 Å². The van der Waals surface area contributed by atoms with Crippen LogP contribution in [0.4, 0.5) is 0 Å². The summed E-state index contributed by atoms with van der Waals surface area (Å²) >= 11 is 0. The van der Waals surface area contributed by atoms with Gasteiger partial charge >= 0.3 is 0 Å². The van der Waals surface area contributed by atoms with Crippen molar-refractivity contribution in [2.75, 3.05) is 26.2 Å². The molecule has 0 aromatic rings. The average molecular weight is 268 g/mol. The van der Waals surface area contributed by atoms with Crippen LogP contribution in [0.3, 0.4) is 0 Å². The minimum absolute atomic E-state index is 0.0348. The van der Waals surface area contributed by atoms with Gasteiger partial charge in [-0.05, 0) is 38.5 Å². The van der Waals surface area contributed by atoms with E-state index in [2.05, 4.69) is 5.32 Å². The summed E-state index contributed by atoms with van der Waals surface area (Å²) in [6.45, 7) is 2.56. The molecule has 19 heavy (non-hydrogen) atoms. The number of amides is 2. The molecule has 2 rings (SSSR count). The first-order valence-corrected chi connectivity index (χ1v) is 7.42. The van der Waals surface area contributed by atoms with E-state index < -0.39 is 0 Å². The third-order valence-corrected chi connectivity index (χ3v) is 3.80. The highest BCUT2D eigenvalue weighted by atomic mass is 16.5. The third-order valence-electron chi connectivity index (χ3n) is 3.80. The summed E-state index contributed by atoms with van der Waals surface area (Å²) in [5.41, 5.74) is 0. The molecule has 0 aliphatic carbocycles. The topological polar surface area (TPSA) is 58.6 Å². The van der Waals surface area contributed by atoms with E-state index in [1.54, 1.807) is 4.90 Å². The number of nitrogens with zero attached hydrogens (tertiary/aromatic N) is 1. The molecule has 0 aromatic heterocycles. The highest BCUT2D eigenvalue weighted by Crippen LogP contribution is 2.17. The van der Waals surface area contributed by atoms with Crippen molar-refractivity contribution in [3.8, 4) is 0 Å². The highest BCUT2D eigenvalue weighted by Gasteiger charge is 2.22. The Morgan fingerprint density at radius 2 is 2.26 bits per heavy atom. The van der Waals surface area contributed by atoms with Crippen molar-refractivity contribution in [2.45, 2.75) is 51.0 Å². The summed E-state index contributed by atoms with van der Waals surface area (Å²) < 4.78 is 5.55. The van der Waals surface area contributed by atoms with Crippen LogP contribution in [0, 0.1) is 0 Å². The maximum absolute atomic E-state index is 11.6. The second-order valence-corrected chi connectivity index (χ2v) is 5.40. The fourth-order valence-electron chi connectivity index (χ4n) is 2.70. The van der Waals surface area contributed by atoms with Crippen molar-refractivity contribution in [2.24, 2.45) is 0 Å². The van der Waals surface area contributed by atoms with Crippen LogP contribution in [0.25, 0.3) is 0 Å². The summed E-state index contributed by atoms with van der Waals surface area (Å²) in [6, 6.07) is 0. The van der Waals surface area contributed by atoms with E-state index in [1.807, 2.05) is 0 Å². The lowest BCUT2D eigenvalue weighted by Gasteiger charge is -2.15. The van der Waals surface area contributed by atoms with E-state index in [9.17, 15) is 9.59 Å². The molecule has 5 heteroatoms. The molecule has 2 heterocycles. The van der Waals surface area contributed by atoms with Crippen LogP contribution in [0.2, 0.25) is 0 Å². The summed E-state index contributed by atoms with van der Waals surface area (Å²) in [7, 11) is 0. The van der Waals surface area contributed by atoms with E-state index in [4.69, 9.17) is 4.74 Å². The molecular weight excluding hydrogens is 244 g/mol. The Morgan fingerprint density at radius 1 is 1.37 bits per heavy atom. The van der Waals surface area contributed by atoms with Gasteiger partial charge in [-0.3, -0.25) is 9.59 Å². The first kappa shape index (κ1) is 14.3. The Labute approximate surface area is 114 Å². The van der Waals surface area contributed by atoms with Gasteiger partial charge in [-0.15, -0.1) is 0 Å². The fourth-order valence-corrected chi connectivity index (χ4v) is 2.70. The number of rotatable bonds is 7. The summed E-state index contributed by atoms with van der Waals surface area (Å²) in [6.07, 6.45) is 7.46. The zero-order valence-corrected chi connectivity index (χ0v) is 11.5. The van der Waals surface area contributed by atoms with Gasteiger partial charge in [0.15, 0.2) is 0 Å². The Hall–Kier alpha value is -1.10. The Bertz CT molecular complexity index is 314. The van der Waals surface area contributed by atoms with Crippen LogP contribution in [-0.2, 0) is 14.3 Å². The van der Waals surface area contributed by atoms with Crippen molar-refractivity contribution in [1.29, 1.82) is 0 Å². The van der Waals surface area contributed by atoms with E-state index in [-0.39, 0.29) is 18.4 Å². The lowest BCUT2D eigenvalue weighted by molar-refractivity contribution is -0.133. The molecule has 1 N–H and O–H groups in total. The molecule has 2 amide bonds. The molecule has 5 nitrogen and oxygen atoms in total. The number of nitrogens with one attached hydrogen (secondary N) is 1. The minimum atomic E-state index is -0.0348. The highest BCUT2D eigenvalue weighted by molar-refractivity contribution is 5.85. The van der Waals surface area contributed by atoms with Gasteiger partial charge in [0.2, 0.25) is 11.8 Å². The van der Waals surface area contributed by atoms with Gasteiger partial charge in [-0.1, -0.05) is 0 Å². The van der Waals surface area contributed by atoms with Crippen LogP contribution < -0.4 is 5.32 Å². The molecule has 108 valence electrons. The monoisotopic (exact) mass is 268 g/mol. The van der Waals surface area contributed by atoms with E-state index in [0.29, 0.717) is 19.1 Å². The number of carbonyl (C=O) groups excluding carboxylic acids is 2. The second-order valence-electron chi connectivity index (χ2n) is 5.40. The predicted octanol–water partition coefficient (Wildman–Crippen LogP) is 1.07. The van der Waals surface area contributed by atoms with E-state index in [1.165, 1.54) is 12.8 Å². The molecule has 0 saturated carbocycles. The standard InChI is InChI=1S/C14H24N2O3/c17-13(11-16-9-3-7-14(16)18)15-8-2-1-5-12-6-4-10-19-12/h12H,1-11H2,(H,15,17)/t12-/m1/s1. The number of hydrogen-bond donors (Lipinski definition) is 1. The van der Waals surface area contributed by atoms with Crippen molar-refractivity contribution in [3.05, 3.63) is 0 Å². The molecule has 2 saturated heterocycles. The normalized spacial score (nSPS) is 23.1. The smallest absolute Gasteiger partial charge is 0.239 e. The lowest BCUT2D eigenvalue weighted by Crippen LogP contribution is -2.38. The average Bonchev–Trinajstić information content (AvgIpc) is 3.02. The number of likely N-dealkylation sites (tertiary alicyclic amines) is 1. The maximum Gasteiger partial charge on any atom is 0.239 e. The summed E-state index contributed by atoms with van der Waals surface area (Å²) in [5.74, 6) is 0.0703. The van der Waals surface area contributed by atoms with Crippen LogP contribution in [-0.4, -0.2) is 49.1 Å². The van der Waals surface area contributed by atoms with Crippen LogP contribution in [0.1, 0.15) is 44.9 Å². The number of carbonyl (C=O) groups is 2. The Morgan fingerprint density at radius 3 is 2.95 bits per heavy atom. The quantitative estimate of drug-likeness (QED) is 0.703. The van der Waals surface area contributed by atoms with Gasteiger partial charge in [0.25, 0.3) is 0 Å². The van der Waals surface area contributed by atoms with Crippen molar-refractivity contribution < 1.29 is 14.3 Å². The molecule has 0 bridgehead atoms. The van der Waals surface area contributed by atoms with Gasteiger partial charge in [0, 0.05) is 26.1 Å². The lowest BCUT2D eigenvalue weighted by atomic mass is 10.1. The van der Waals surface area contributed by atoms with Crippen LogP contribution in [0.15, 0.2) is 0 Å². The van der Waals surface area contributed by atoms with Crippen LogP contribution >= 0.6 is 0 Å². The molecule has 0 spiro atoms. The SMILES string of the molecule is O=C(CN1CCCC1=O)NCCCC[C@@H]1CCCO1. The second kappa shape index (κ2) is 7.48. The number of hydrogen-bond acceptors (Lipinski definition) is 3. The molecule has 0 unspecified atom stereocenters. The van der Waals surface area contributed by atoms with E-state index in [0.717, 1.165) is 38.8 Å². The largest absolute Gasteiger partial charge is 0.378 e. The molecule has 2 aliphatic rings. The Balaban J connectivity index is 1.48. The van der Waals surface area contributed by atoms with Crippen LogP contribution in [0.5, 0.6) is 0 Å². The number of ether oxygens (including phenoxy) is 1. The molecular formula is C14H24N2O3. The maximum atomic E-state index is 11.6. The van der Waals surface area contributed by atoms with E-state index >= 15 is 0 Å². The van der Waals surface area contributed by atoms with Gasteiger partial charge < -0.3 is 15.0 Å². The van der Waals surface area contributed by atoms with Gasteiger partial charge in [-0.25, -0.2) is 0 Å². The Kier molecular flexibility index (Phi) is 5.63. The first-order chi connectivity index (χ1) is 9.25. The van der Waals surface area contributed by atoms with Crippen molar-refractivity contribution >= 4 is 11.8 Å². The zero-order valence-electron chi connectivity index (χ0n) is 11.5. The predicted molar refractivity (Wildman–Crippen MR) is 71.6 cm³/mol. The molecule has 0 aromatic carbocycles. The molecule has 1 atom stereocenters. The molecule has 2 fully saturated rings. The zero-order chi connectivity index (χ0) is 13.5. The molecule has 0 radical (unpaired) electrons. The summed E-state index contributed by atoms with van der Waals surface area (Å²) in [5, 5.41) is 2.88. The summed E-state index contributed by atoms with van der Waals surface area (Å²) in [4.78, 5) is 24.6. The van der Waals surface area contributed by atoms with Crippen molar-refractivity contribution in [3.63, 3.8) is 0 Å². The third kappa shape index (κ3) is 4.82. The fraction of sp³-hybridized carbons (Fsp3) is 0.857. The minimum Gasteiger partial charge on any atom is -0.378 e. The first-order valence-electron chi connectivity index (χ1n) is 7.42. The number of unbranched alkanes of at least 4 members (excludes halogenated alkanes) is 1. The molecule has 2 aliphatic heterocycles.